The van der Waals surface area contributed by atoms with Crippen LogP contribution in [0, 0.1) is 0 Å². The highest BCUT2D eigenvalue weighted by molar-refractivity contribution is 9.38. The van der Waals surface area contributed by atoms with E-state index in [1.54, 1.807) is 6.92 Å². The van der Waals surface area contributed by atoms with Crippen molar-refractivity contribution in [3.8, 4) is 0 Å². The Bertz CT molecular complexity index is 106. The predicted molar refractivity (Wildman–Crippen MR) is 88.4 cm³/mol. The van der Waals surface area contributed by atoms with Gasteiger partial charge >= 0.3 is 0 Å². The zero-order valence-corrected chi connectivity index (χ0v) is 16.6. The molecule has 0 saturated carbocycles. The molecule has 0 aromatic rings. The van der Waals surface area contributed by atoms with Crippen molar-refractivity contribution in [2.45, 2.75) is 42.7 Å². The molecule has 0 aliphatic rings. The van der Waals surface area contributed by atoms with Gasteiger partial charge in [0, 0.05) is 13.0 Å². The average Bonchev–Trinajstić information content (AvgIpc) is 2.22. The molecule has 0 atom stereocenters. The number of carbonyl (C=O) groups is 1. The highest BCUT2D eigenvalue weighted by atomic mass is 80.0. The predicted octanol–water partition coefficient (Wildman–Crippen LogP) is 5.23. The van der Waals surface area contributed by atoms with Gasteiger partial charge in [0.05, 0.1) is 0 Å². The van der Waals surface area contributed by atoms with Crippen molar-refractivity contribution in [3.63, 3.8) is 0 Å². The zero-order valence-electron chi connectivity index (χ0n) is 10.3. The van der Waals surface area contributed by atoms with Crippen LogP contribution in [-0.2, 0) is 4.79 Å². The number of aliphatic hydroxyl groups excluding tert-OH is 1. The van der Waals surface area contributed by atoms with Crippen molar-refractivity contribution < 1.29 is 9.90 Å². The van der Waals surface area contributed by atoms with Gasteiger partial charge in [-0.25, -0.2) is 0 Å². The van der Waals surface area contributed by atoms with E-state index in [1.807, 2.05) is 12.8 Å². The number of halogens is 4. The van der Waals surface area contributed by atoms with Crippen LogP contribution < -0.4 is 0 Å². The highest BCUT2D eigenvalue weighted by Crippen LogP contribution is 2.13. The van der Waals surface area contributed by atoms with E-state index in [1.165, 1.54) is 0 Å². The molecular weight excluding hydrogens is 472 g/mol. The van der Waals surface area contributed by atoms with E-state index in [4.69, 9.17) is 5.11 Å². The maximum Gasteiger partial charge on any atom is 0.129 e. The van der Waals surface area contributed by atoms with Crippen LogP contribution >= 0.6 is 63.7 Å². The third-order valence-corrected chi connectivity index (χ3v) is 1.01. The number of rotatable bonds is 3. The Morgan fingerprint density at radius 1 is 1.19 bits per heavy atom. The quantitative estimate of drug-likeness (QED) is 0.547. The summed E-state index contributed by atoms with van der Waals surface area (Å²) >= 11 is 12.2. The summed E-state index contributed by atoms with van der Waals surface area (Å²) in [6.45, 7) is 5.83. The lowest BCUT2D eigenvalue weighted by Crippen LogP contribution is -1.80. The standard InChI is InChI=1S/C4H8O.C4H10O.CHBr3.CH3Br/c1-3-4(2)5;1-2-3-4-5;2-1(3)4;1-2/h3H2,1-2H3;5H,2-4H2,1H3;1H;1H3. The molecule has 16 heavy (non-hydrogen) atoms. The summed E-state index contributed by atoms with van der Waals surface area (Å²) in [6, 6.07) is 0. The Labute approximate surface area is 133 Å². The molecule has 0 radical (unpaired) electrons. The second-order valence-electron chi connectivity index (χ2n) is 2.38. The Morgan fingerprint density at radius 3 is 1.44 bits per heavy atom. The smallest absolute Gasteiger partial charge is 0.129 e. The van der Waals surface area contributed by atoms with E-state index in [-0.39, 0.29) is 8.43 Å². The Kier molecular flexibility index (Phi) is 49.1. The summed E-state index contributed by atoms with van der Waals surface area (Å²) in [4.78, 5) is 9.81. The molecule has 2 nitrogen and oxygen atoms in total. The van der Waals surface area contributed by atoms with Gasteiger partial charge in [-0.05, 0) is 19.2 Å². The van der Waals surface area contributed by atoms with E-state index in [2.05, 4.69) is 70.6 Å². The lowest BCUT2D eigenvalue weighted by Gasteiger charge is -1.79. The Balaban J connectivity index is -0.0000000629. The van der Waals surface area contributed by atoms with Crippen molar-refractivity contribution in [2.75, 3.05) is 12.4 Å². The van der Waals surface area contributed by atoms with Gasteiger partial charge in [0.25, 0.3) is 0 Å². The van der Waals surface area contributed by atoms with Crippen LogP contribution in [0.2, 0.25) is 0 Å². The summed E-state index contributed by atoms with van der Waals surface area (Å²) in [7, 11) is 0. The van der Waals surface area contributed by atoms with Crippen LogP contribution in [0.3, 0.4) is 0 Å². The molecule has 0 rings (SSSR count). The first-order valence-corrected chi connectivity index (χ1v) is 9.15. The van der Waals surface area contributed by atoms with Gasteiger partial charge in [-0.3, -0.25) is 0 Å². The molecule has 0 bridgehead atoms. The molecule has 0 fully saturated rings. The minimum Gasteiger partial charge on any atom is -0.396 e. The van der Waals surface area contributed by atoms with Crippen molar-refractivity contribution in [1.29, 1.82) is 0 Å². The van der Waals surface area contributed by atoms with E-state index in [0.717, 1.165) is 12.8 Å². The first-order chi connectivity index (χ1) is 7.42. The van der Waals surface area contributed by atoms with E-state index in [0.29, 0.717) is 13.0 Å². The van der Waals surface area contributed by atoms with Gasteiger partial charge in [0.1, 0.15) is 8.43 Å². The van der Waals surface area contributed by atoms with Crippen molar-refractivity contribution in [2.24, 2.45) is 0 Å². The van der Waals surface area contributed by atoms with Crippen LogP contribution in [0.1, 0.15) is 40.0 Å². The number of alkyl halides is 4. The maximum absolute atomic E-state index is 9.81. The normalized spacial score (nSPS) is 7.62. The number of hydrogen-bond donors (Lipinski definition) is 1. The second-order valence-corrected chi connectivity index (χ2v) is 8.81. The van der Waals surface area contributed by atoms with E-state index in [9.17, 15) is 4.79 Å². The lowest BCUT2D eigenvalue weighted by molar-refractivity contribution is -0.116. The fourth-order valence-corrected chi connectivity index (χ4v) is 0.158. The average molecular weight is 494 g/mol. The van der Waals surface area contributed by atoms with Crippen LogP contribution in [0.15, 0.2) is 0 Å². The number of hydrogen-bond acceptors (Lipinski definition) is 2. The molecule has 6 heteroatoms. The molecule has 0 heterocycles. The van der Waals surface area contributed by atoms with Gasteiger partial charge < -0.3 is 9.90 Å². The van der Waals surface area contributed by atoms with E-state index >= 15 is 0 Å². The van der Waals surface area contributed by atoms with Crippen LogP contribution in [0.25, 0.3) is 0 Å². The number of unbranched alkanes of at least 4 members (excludes halogenated alkanes) is 1. The summed E-state index contributed by atoms with van der Waals surface area (Å²) in [5.74, 6) is 2.07. The van der Waals surface area contributed by atoms with Crippen LogP contribution in [0.4, 0.5) is 0 Å². The molecule has 1 N–H and O–H groups in total. The number of carbonyl (C=O) groups excluding carboxylic acids is 1. The van der Waals surface area contributed by atoms with Crippen molar-refractivity contribution in [3.05, 3.63) is 0 Å². The van der Waals surface area contributed by atoms with Crippen LogP contribution in [-0.4, -0.2) is 26.0 Å². The summed E-state index contributed by atoms with van der Waals surface area (Å²) in [6.07, 6.45) is 2.70. The molecule has 0 saturated heterocycles. The minimum absolute atomic E-state index is 0.255. The third-order valence-electron chi connectivity index (χ3n) is 1.01. The molecule has 0 aromatic heterocycles. The Morgan fingerprint density at radius 2 is 1.44 bits per heavy atom. The van der Waals surface area contributed by atoms with Crippen molar-refractivity contribution >= 4 is 69.5 Å². The number of ketones is 1. The first-order valence-electron chi connectivity index (χ1n) is 4.82. The van der Waals surface area contributed by atoms with Gasteiger partial charge in [0.15, 0.2) is 0 Å². The fourth-order valence-electron chi connectivity index (χ4n) is 0.158. The first kappa shape index (κ1) is 26.2. The Hall–Kier alpha value is 1.55. The molecule has 0 unspecified atom stereocenters. The SMILES string of the molecule is BrC(Br)Br.CBr.CCC(C)=O.CCCCO. The van der Waals surface area contributed by atoms with Crippen molar-refractivity contribution in [1.82, 2.24) is 0 Å². The second kappa shape index (κ2) is 30.0. The monoisotopic (exact) mass is 490 g/mol. The minimum atomic E-state index is 0.255. The van der Waals surface area contributed by atoms with Gasteiger partial charge in [0.2, 0.25) is 0 Å². The fraction of sp³-hybridized carbons (Fsp3) is 0.900. The highest BCUT2D eigenvalue weighted by Gasteiger charge is 1.77. The van der Waals surface area contributed by atoms with Gasteiger partial charge in [-0.2, -0.15) is 0 Å². The summed E-state index contributed by atoms with van der Waals surface area (Å²) in [5.41, 5.74) is 0. The number of Topliss-reactive ketones (excluding diaryl/α,β-unsaturated/α-hetero) is 1. The van der Waals surface area contributed by atoms with Gasteiger partial charge in [-0.1, -0.05) is 84.0 Å². The molecule has 0 aliphatic heterocycles. The zero-order chi connectivity index (χ0) is 14.0. The molecule has 0 aromatic carbocycles. The summed E-state index contributed by atoms with van der Waals surface area (Å²) < 4.78 is 0.271. The van der Waals surface area contributed by atoms with Gasteiger partial charge in [-0.15, -0.1) is 0 Å². The molecule has 0 amide bonds. The maximum atomic E-state index is 9.81. The van der Waals surface area contributed by atoms with E-state index < -0.39 is 0 Å². The summed E-state index contributed by atoms with van der Waals surface area (Å²) in [5, 5.41) is 8.07. The van der Waals surface area contributed by atoms with Crippen LogP contribution in [0.5, 0.6) is 0 Å². The molecule has 0 aliphatic carbocycles. The lowest BCUT2D eigenvalue weighted by atomic mass is 10.4. The third kappa shape index (κ3) is 107. The largest absolute Gasteiger partial charge is 0.396 e. The molecule has 0 spiro atoms. The molecule has 102 valence electrons. The topological polar surface area (TPSA) is 37.3 Å². The molecular formula is C10H22Br4O2. The number of aliphatic hydroxyl groups is 1.